The van der Waals surface area contributed by atoms with E-state index in [0.29, 0.717) is 59.1 Å². The van der Waals surface area contributed by atoms with Crippen LogP contribution in [0.1, 0.15) is 76.6 Å². The van der Waals surface area contributed by atoms with E-state index in [1.54, 1.807) is 50.3 Å². The van der Waals surface area contributed by atoms with Gasteiger partial charge in [0, 0.05) is 78.2 Å². The maximum atomic E-state index is 14.1. The summed E-state index contributed by atoms with van der Waals surface area (Å²) in [6, 6.07) is 13.5. The lowest BCUT2D eigenvalue weighted by molar-refractivity contribution is -0.120. The van der Waals surface area contributed by atoms with Gasteiger partial charge in [-0.05, 0) is 112 Å². The largest absolute Gasteiger partial charge is 0.508 e. The number of Topliss-reactive ketones (excluding diaryl/α,β-unsaturated/α-hetero) is 1. The summed E-state index contributed by atoms with van der Waals surface area (Å²) in [5.41, 5.74) is 7.99. The Kier molecular flexibility index (Phi) is 19.2. The first-order valence-electron chi connectivity index (χ1n) is 24.1. The number of primary amides is 1. The van der Waals surface area contributed by atoms with Gasteiger partial charge in [0.15, 0.2) is 11.5 Å². The van der Waals surface area contributed by atoms with Gasteiger partial charge in [-0.25, -0.2) is 9.59 Å². The minimum Gasteiger partial charge on any atom is -0.508 e. The summed E-state index contributed by atoms with van der Waals surface area (Å²) in [5, 5.41) is 41.3. The number of rotatable bonds is 14. The number of hydrogen-bond donors (Lipinski definition) is 7. The zero-order valence-electron chi connectivity index (χ0n) is 42.0. The monoisotopic (exact) mass is 1030 g/mol. The van der Waals surface area contributed by atoms with Gasteiger partial charge in [-0.2, -0.15) is 0 Å². The highest BCUT2D eigenvalue weighted by molar-refractivity contribution is 7.80. The predicted molar refractivity (Wildman–Crippen MR) is 281 cm³/mol. The van der Waals surface area contributed by atoms with E-state index in [0.717, 1.165) is 18.9 Å². The average Bonchev–Trinajstić information content (AvgIpc) is 3.35. The van der Waals surface area contributed by atoms with Crippen molar-refractivity contribution < 1.29 is 62.7 Å². The van der Waals surface area contributed by atoms with Gasteiger partial charge in [0.25, 0.3) is 11.1 Å². The van der Waals surface area contributed by atoms with Gasteiger partial charge in [-0.15, -0.1) is 0 Å². The second-order valence-corrected chi connectivity index (χ2v) is 18.8. The fraction of sp³-hybridized carbons (Fsp3) is 0.364. The first kappa shape index (κ1) is 55.9. The number of phenols is 1. The second kappa shape index (κ2) is 25.5. The van der Waals surface area contributed by atoms with Crippen LogP contribution in [-0.2, 0) is 33.3 Å². The number of aromatic carboxylic acids is 1. The molecule has 2 bridgehead atoms. The smallest absolute Gasteiger partial charge is 0.405 e. The maximum Gasteiger partial charge on any atom is 0.405 e. The van der Waals surface area contributed by atoms with Gasteiger partial charge < -0.3 is 60.4 Å². The number of allylic oxidation sites excluding steroid dienone is 4. The topological polar surface area (TPSA) is 275 Å². The molecule has 2 aliphatic carbocycles. The number of amides is 2. The maximum absolute atomic E-state index is 14.1. The summed E-state index contributed by atoms with van der Waals surface area (Å²) in [7, 11) is 2.89. The summed E-state index contributed by atoms with van der Waals surface area (Å²) in [4.78, 5) is 78.0. The Morgan fingerprint density at radius 2 is 1.69 bits per heavy atom. The molecule has 0 fully saturated rings. The molecular weight excluding hydrogens is 973 g/mol. The first-order valence-corrected chi connectivity index (χ1v) is 24.5. The first-order chi connectivity index (χ1) is 35.3. The highest BCUT2D eigenvalue weighted by Crippen LogP contribution is 2.42. The Hall–Kier alpha value is -7.45. The lowest BCUT2D eigenvalue weighted by atomic mass is 9.85. The molecule has 2 heterocycles. The third kappa shape index (κ3) is 14.0. The van der Waals surface area contributed by atoms with Crippen LogP contribution in [0.4, 0.5) is 10.5 Å². The quantitative estimate of drug-likeness (QED) is 0.0210. The molecule has 392 valence electrons. The molecule has 2 aliphatic heterocycles. The zero-order chi connectivity index (χ0) is 53.8. The van der Waals surface area contributed by atoms with Gasteiger partial charge in [-0.3, -0.25) is 19.2 Å². The van der Waals surface area contributed by atoms with Crippen LogP contribution in [0.2, 0.25) is 0 Å². The van der Waals surface area contributed by atoms with Gasteiger partial charge in [0.2, 0.25) is 11.6 Å². The molecule has 19 heteroatoms. The number of nitrogens with two attached hydrogens (primary N) is 1. The third-order valence-corrected chi connectivity index (χ3v) is 13.1. The predicted octanol–water partition coefficient (Wildman–Crippen LogP) is 7.61. The number of aromatic hydroxyl groups is 1. The lowest BCUT2D eigenvalue weighted by Crippen LogP contribution is -2.38. The van der Waals surface area contributed by atoms with Crippen molar-refractivity contribution in [3.05, 3.63) is 129 Å². The molecule has 4 aliphatic rings. The number of carboxylic acids is 1. The molecule has 8 N–H and O–H groups in total. The number of thiocarbonyl (C=S) groups is 1. The van der Waals surface area contributed by atoms with E-state index in [9.17, 15) is 44.1 Å². The third-order valence-electron chi connectivity index (χ3n) is 12.8. The number of aliphatic hydroxyl groups is 1. The van der Waals surface area contributed by atoms with Crippen molar-refractivity contribution in [2.75, 3.05) is 32.7 Å². The number of aliphatic hydroxyl groups excluding tert-OH is 1. The summed E-state index contributed by atoms with van der Waals surface area (Å²) in [5.74, 6) is -3.45. The van der Waals surface area contributed by atoms with Crippen molar-refractivity contribution >= 4 is 63.6 Å². The highest BCUT2D eigenvalue weighted by atomic mass is 32.1. The molecule has 2 aromatic carbocycles. The van der Waals surface area contributed by atoms with E-state index in [2.05, 4.69) is 16.0 Å². The Balaban J connectivity index is 1.08. The fourth-order valence-electron chi connectivity index (χ4n) is 9.06. The summed E-state index contributed by atoms with van der Waals surface area (Å²) < 4.78 is 28.5. The molecule has 74 heavy (non-hydrogen) atoms. The number of fused-ring (bicyclic) bond motifs is 4. The number of anilines is 1. The standard InChI is InChI=1S/C55H62N4O14S/c1-29-22-40-48(42(62)28-41(50(40)64)59-52(65)30(2)12-11-13-43(69-5)51(73-54(56)68)32(4)24-31(3)49(63)46(23-29)70-6)57-20-9-7-8-10-21-71-55(74)58-33-14-17-36(39(25-33)53(66)67)47-37-18-15-34(60)26-44(37)72-45-27-35(61)16-19-38(45)47/h11-19,24-29,31,43,46,49,51,57,60,63H,7-10,20-23H2,1-6H3,(H2,56,68)(H,58,74)(H,59,65)(H,66,67)/b13-11-,30-12+,32-24+/t29-,31+,43+,46+,49+,51+/m1/s1. The molecule has 18 nitrogen and oxygen atoms in total. The van der Waals surface area contributed by atoms with Crippen molar-refractivity contribution in [3.8, 4) is 28.2 Å². The Labute approximate surface area is 433 Å². The molecule has 0 radical (unpaired) electrons. The number of ketones is 2. The molecule has 0 saturated carbocycles. The van der Waals surface area contributed by atoms with Crippen LogP contribution < -0.4 is 27.1 Å². The van der Waals surface area contributed by atoms with Crippen LogP contribution >= 0.6 is 12.2 Å². The SMILES string of the molecule is CO[C@H]1/C=C\C=C(/C)C(=O)NC2=CC(=O)C(NCCCCCCOC(=S)Nc3ccc(-c4c5ccc(=O)cc-5oc5cc(O)ccc45)c(C(=O)O)c3)=C(C[C@@H](C)C[C@H](OC)[C@@H](O)[C@@H](C)/C=C(\C)[C@@H]1OC(N)=O)C2=O. The van der Waals surface area contributed by atoms with Gasteiger partial charge >= 0.3 is 12.1 Å². The normalized spacial score (nSPS) is 23.0. The van der Waals surface area contributed by atoms with Crippen LogP contribution in [-0.4, -0.2) is 102 Å². The Morgan fingerprint density at radius 3 is 2.41 bits per heavy atom. The molecule has 6 atom stereocenters. The molecule has 0 unspecified atom stereocenters. The molecule has 0 aromatic heterocycles. The van der Waals surface area contributed by atoms with E-state index in [4.69, 9.17) is 41.3 Å². The number of carbonyl (C=O) groups excluding carboxylic acids is 4. The number of unbranched alkanes of at least 4 members (excludes halogenated alkanes) is 3. The van der Waals surface area contributed by atoms with Gasteiger partial charge in [-0.1, -0.05) is 50.6 Å². The van der Waals surface area contributed by atoms with Gasteiger partial charge in [0.1, 0.15) is 23.2 Å². The van der Waals surface area contributed by atoms with E-state index >= 15 is 0 Å². The van der Waals surface area contributed by atoms with Crippen molar-refractivity contribution in [1.82, 2.24) is 10.6 Å². The number of benzene rings is 3. The summed E-state index contributed by atoms with van der Waals surface area (Å²) >= 11 is 5.43. The lowest BCUT2D eigenvalue weighted by Gasteiger charge is -2.30. The molecule has 0 spiro atoms. The van der Waals surface area contributed by atoms with Crippen LogP contribution in [0.3, 0.4) is 0 Å². The molecule has 6 rings (SSSR count). The Morgan fingerprint density at radius 1 is 0.946 bits per heavy atom. The molecular formula is C55H62N4O14S. The number of methoxy groups -OCH3 is 2. The second-order valence-electron chi connectivity index (χ2n) is 18.4. The number of hydrogen-bond acceptors (Lipinski definition) is 15. The van der Waals surface area contributed by atoms with Crippen molar-refractivity contribution in [2.45, 2.75) is 90.6 Å². The number of carboxylic acid groups (broad SMARTS) is 1. The average molecular weight is 1040 g/mol. The van der Waals surface area contributed by atoms with Crippen molar-refractivity contribution in [2.24, 2.45) is 17.6 Å². The van der Waals surface area contributed by atoms with Crippen molar-refractivity contribution in [1.29, 1.82) is 0 Å². The Bertz CT molecular complexity index is 2990. The zero-order valence-corrected chi connectivity index (χ0v) is 42.8. The number of ether oxygens (including phenoxy) is 4. The highest BCUT2D eigenvalue weighted by Gasteiger charge is 2.34. The van der Waals surface area contributed by atoms with Crippen molar-refractivity contribution in [3.63, 3.8) is 0 Å². The van der Waals surface area contributed by atoms with E-state index in [1.807, 2.05) is 6.92 Å². The minimum absolute atomic E-state index is 0.0346. The van der Waals surface area contributed by atoms with E-state index < -0.39 is 59.9 Å². The van der Waals surface area contributed by atoms with Crippen LogP contribution in [0.25, 0.3) is 33.4 Å². The minimum atomic E-state index is -1.21. The fourth-order valence-corrected chi connectivity index (χ4v) is 9.26. The summed E-state index contributed by atoms with van der Waals surface area (Å²) in [6.45, 7) is 7.54. The van der Waals surface area contributed by atoms with Crippen LogP contribution in [0, 0.1) is 11.8 Å². The molecule has 2 amide bonds. The van der Waals surface area contributed by atoms with Gasteiger partial charge in [0.05, 0.1) is 35.8 Å². The summed E-state index contributed by atoms with van der Waals surface area (Å²) in [6.07, 6.45) is 6.02. The van der Waals surface area contributed by atoms with Crippen LogP contribution in [0.5, 0.6) is 5.75 Å². The van der Waals surface area contributed by atoms with Crippen LogP contribution in [0.15, 0.2) is 122 Å². The number of nitrogens with one attached hydrogen (secondary N) is 3. The number of phenolic OH excluding ortho intramolecular Hbond substituents is 1. The molecule has 0 saturated heterocycles. The molecule has 2 aromatic rings. The van der Waals surface area contributed by atoms with E-state index in [1.165, 1.54) is 63.6 Å². The van der Waals surface area contributed by atoms with E-state index in [-0.39, 0.29) is 74.7 Å². The number of carbonyl (C=O) groups is 5.